The van der Waals surface area contributed by atoms with Crippen LogP contribution in [0.1, 0.15) is 38.7 Å². The van der Waals surface area contributed by atoms with Gasteiger partial charge in [-0.25, -0.2) is 0 Å². The van der Waals surface area contributed by atoms with Gasteiger partial charge in [-0.3, -0.25) is 4.79 Å². The van der Waals surface area contributed by atoms with Gasteiger partial charge in [-0.2, -0.15) is 0 Å². The van der Waals surface area contributed by atoms with Crippen LogP contribution in [0, 0.1) is 13.8 Å². The van der Waals surface area contributed by atoms with Crippen molar-refractivity contribution < 1.29 is 4.79 Å². The van der Waals surface area contributed by atoms with E-state index in [4.69, 9.17) is 0 Å². The van der Waals surface area contributed by atoms with Gasteiger partial charge in [0.05, 0.1) is 6.04 Å². The Balaban J connectivity index is 1.58. The van der Waals surface area contributed by atoms with Gasteiger partial charge in [-0.1, -0.05) is 72.3 Å². The molecule has 0 bridgehead atoms. The van der Waals surface area contributed by atoms with Gasteiger partial charge in [-0.05, 0) is 43.0 Å². The van der Waals surface area contributed by atoms with E-state index < -0.39 is 0 Å². The number of para-hydroxylation sites is 1. The van der Waals surface area contributed by atoms with Crippen LogP contribution in [-0.2, 0) is 6.42 Å². The molecule has 0 radical (unpaired) electrons. The first-order valence-electron chi connectivity index (χ1n) is 10.1. The zero-order valence-corrected chi connectivity index (χ0v) is 16.9. The summed E-state index contributed by atoms with van der Waals surface area (Å²) in [4.78, 5) is 16.7. The number of rotatable bonds is 7. The third-order valence-electron chi connectivity index (χ3n) is 5.49. The number of aryl methyl sites for hydroxylation is 2. The summed E-state index contributed by atoms with van der Waals surface area (Å²) in [7, 11) is 0. The third kappa shape index (κ3) is 4.15. The Morgan fingerprint density at radius 2 is 1.72 bits per heavy atom. The van der Waals surface area contributed by atoms with Gasteiger partial charge >= 0.3 is 0 Å². The molecule has 29 heavy (non-hydrogen) atoms. The molecule has 2 N–H and O–H groups in total. The summed E-state index contributed by atoms with van der Waals surface area (Å²) < 4.78 is 0. The molecular formula is C26H26N2O. The number of fused-ring (bicyclic) bond motifs is 1. The molecule has 4 aromatic rings. The van der Waals surface area contributed by atoms with Crippen LogP contribution in [-0.4, -0.2) is 17.3 Å². The lowest BCUT2D eigenvalue weighted by molar-refractivity contribution is 0.0945. The molecule has 0 fully saturated rings. The van der Waals surface area contributed by atoms with Crippen LogP contribution in [0.25, 0.3) is 10.9 Å². The Kier molecular flexibility index (Phi) is 5.59. The number of carbonyl (C=O) groups is 1. The van der Waals surface area contributed by atoms with Crippen LogP contribution in [0.5, 0.6) is 0 Å². The largest absolute Gasteiger partial charge is 0.360 e. The number of aromatic amines is 1. The monoisotopic (exact) mass is 382 g/mol. The highest BCUT2D eigenvalue weighted by molar-refractivity contribution is 6.10. The highest BCUT2D eigenvalue weighted by Crippen LogP contribution is 2.25. The molecule has 0 aliphatic rings. The minimum Gasteiger partial charge on any atom is -0.360 e. The second-order valence-corrected chi connectivity index (χ2v) is 7.59. The number of aromatic nitrogens is 1. The fourth-order valence-electron chi connectivity index (χ4n) is 3.92. The minimum absolute atomic E-state index is 0.0919. The van der Waals surface area contributed by atoms with Crippen molar-refractivity contribution in [3.05, 3.63) is 107 Å². The minimum atomic E-state index is -0.374. The van der Waals surface area contributed by atoms with Gasteiger partial charge in [0.25, 0.3) is 0 Å². The Bertz CT molecular complexity index is 1130. The lowest BCUT2D eigenvalue weighted by Gasteiger charge is -2.18. The van der Waals surface area contributed by atoms with Gasteiger partial charge in [0.15, 0.2) is 5.78 Å². The average Bonchev–Trinajstić information content (AvgIpc) is 3.17. The molecule has 0 saturated carbocycles. The van der Waals surface area contributed by atoms with E-state index in [1.807, 2.05) is 60.8 Å². The average molecular weight is 383 g/mol. The molecule has 0 saturated heterocycles. The summed E-state index contributed by atoms with van der Waals surface area (Å²) in [6, 6.07) is 24.1. The fraction of sp³-hybridized carbons (Fsp3) is 0.192. The van der Waals surface area contributed by atoms with Gasteiger partial charge in [0.2, 0.25) is 0 Å². The quantitative estimate of drug-likeness (QED) is 0.412. The van der Waals surface area contributed by atoms with Crippen molar-refractivity contribution in [2.45, 2.75) is 26.3 Å². The standard InChI is InChI=1S/C26H26N2O/c1-18-12-13-20(19(2)16-18)14-15-27-25(21-8-4-3-5-9-21)26(29)23-17-28-24-11-7-6-10-22(23)24/h3-13,16-17,25,27-28H,14-15H2,1-2H3/t25-/m1/s1. The lowest BCUT2D eigenvalue weighted by Crippen LogP contribution is -2.30. The Morgan fingerprint density at radius 3 is 2.52 bits per heavy atom. The molecule has 3 heteroatoms. The summed E-state index contributed by atoms with van der Waals surface area (Å²) in [6.07, 6.45) is 2.71. The maximum Gasteiger partial charge on any atom is 0.186 e. The van der Waals surface area contributed by atoms with Crippen molar-refractivity contribution >= 4 is 16.7 Å². The topological polar surface area (TPSA) is 44.9 Å². The summed E-state index contributed by atoms with van der Waals surface area (Å²) in [6.45, 7) is 4.99. The predicted molar refractivity (Wildman–Crippen MR) is 119 cm³/mol. The van der Waals surface area contributed by atoms with E-state index in [-0.39, 0.29) is 11.8 Å². The maximum absolute atomic E-state index is 13.5. The maximum atomic E-state index is 13.5. The van der Waals surface area contributed by atoms with Crippen molar-refractivity contribution in [2.75, 3.05) is 6.54 Å². The van der Waals surface area contributed by atoms with Crippen LogP contribution in [0.3, 0.4) is 0 Å². The summed E-state index contributed by atoms with van der Waals surface area (Å²) in [5.41, 5.74) is 6.59. The van der Waals surface area contributed by atoms with Crippen LogP contribution in [0.4, 0.5) is 0 Å². The highest BCUT2D eigenvalue weighted by atomic mass is 16.1. The van der Waals surface area contributed by atoms with Crippen LogP contribution in [0.15, 0.2) is 79.0 Å². The molecule has 0 unspecified atom stereocenters. The third-order valence-corrected chi connectivity index (χ3v) is 5.49. The van der Waals surface area contributed by atoms with Crippen molar-refractivity contribution in [3.63, 3.8) is 0 Å². The molecule has 146 valence electrons. The molecule has 1 heterocycles. The molecular weight excluding hydrogens is 356 g/mol. The number of nitrogens with one attached hydrogen (secondary N) is 2. The smallest absolute Gasteiger partial charge is 0.186 e. The summed E-state index contributed by atoms with van der Waals surface area (Å²) in [5, 5.41) is 4.48. The molecule has 0 aliphatic carbocycles. The van der Waals surface area contributed by atoms with E-state index in [0.29, 0.717) is 0 Å². The number of hydrogen-bond acceptors (Lipinski definition) is 2. The molecule has 1 atom stereocenters. The van der Waals surface area contributed by atoms with Crippen molar-refractivity contribution in [1.29, 1.82) is 0 Å². The lowest BCUT2D eigenvalue weighted by atomic mass is 9.96. The first-order valence-corrected chi connectivity index (χ1v) is 10.1. The predicted octanol–water partition coefficient (Wildman–Crippen LogP) is 5.54. The fourth-order valence-corrected chi connectivity index (χ4v) is 3.92. The Labute approximate surface area is 171 Å². The van der Waals surface area contributed by atoms with E-state index in [1.54, 1.807) is 0 Å². The number of H-pyrrole nitrogens is 1. The van der Waals surface area contributed by atoms with Gasteiger partial charge in [-0.15, -0.1) is 0 Å². The molecule has 4 rings (SSSR count). The zero-order valence-electron chi connectivity index (χ0n) is 16.9. The molecule has 1 aromatic heterocycles. The molecule has 0 aliphatic heterocycles. The molecule has 3 aromatic carbocycles. The van der Waals surface area contributed by atoms with Crippen LogP contribution < -0.4 is 5.32 Å². The number of Topliss-reactive ketones (excluding diaryl/α,β-unsaturated/α-hetero) is 1. The van der Waals surface area contributed by atoms with Crippen LogP contribution in [0.2, 0.25) is 0 Å². The first-order chi connectivity index (χ1) is 14.1. The second kappa shape index (κ2) is 8.46. The highest BCUT2D eigenvalue weighted by Gasteiger charge is 2.23. The normalized spacial score (nSPS) is 12.2. The number of ketones is 1. The summed E-state index contributed by atoms with van der Waals surface area (Å²) in [5.74, 6) is 0.0919. The van der Waals surface area contributed by atoms with Gasteiger partial charge in [0.1, 0.15) is 0 Å². The number of hydrogen-bond donors (Lipinski definition) is 2. The molecule has 3 nitrogen and oxygen atoms in total. The van der Waals surface area contributed by atoms with E-state index in [0.717, 1.165) is 35.0 Å². The van der Waals surface area contributed by atoms with Crippen molar-refractivity contribution in [3.8, 4) is 0 Å². The van der Waals surface area contributed by atoms with Gasteiger partial charge in [0, 0.05) is 29.2 Å². The SMILES string of the molecule is Cc1ccc(CCN[C@@H](C(=O)c2c[nH]c3ccccc23)c2ccccc2)c(C)c1. The second-order valence-electron chi connectivity index (χ2n) is 7.59. The van der Waals surface area contributed by atoms with Crippen molar-refractivity contribution in [1.82, 2.24) is 10.3 Å². The van der Waals surface area contributed by atoms with Crippen molar-refractivity contribution in [2.24, 2.45) is 0 Å². The van der Waals surface area contributed by atoms with Gasteiger partial charge < -0.3 is 10.3 Å². The molecule has 0 amide bonds. The van der Waals surface area contributed by atoms with Crippen LogP contribution >= 0.6 is 0 Å². The van der Waals surface area contributed by atoms with E-state index in [9.17, 15) is 4.79 Å². The number of benzene rings is 3. The Morgan fingerprint density at radius 1 is 0.966 bits per heavy atom. The molecule has 0 spiro atoms. The summed E-state index contributed by atoms with van der Waals surface area (Å²) >= 11 is 0. The zero-order chi connectivity index (χ0) is 20.2. The first kappa shape index (κ1) is 19.2. The Hall–Kier alpha value is -3.17. The van der Waals surface area contributed by atoms with E-state index >= 15 is 0 Å². The van der Waals surface area contributed by atoms with E-state index in [1.165, 1.54) is 16.7 Å². The van der Waals surface area contributed by atoms with E-state index in [2.05, 4.69) is 42.3 Å². The number of carbonyl (C=O) groups excluding carboxylic acids is 1.